The molecule has 0 saturated heterocycles. The summed E-state index contributed by atoms with van der Waals surface area (Å²) >= 11 is 0. The highest BCUT2D eigenvalue weighted by molar-refractivity contribution is 5.99. The maximum Gasteiger partial charge on any atom is 0.431 e. The molecule has 0 bridgehead atoms. The zero-order valence-corrected chi connectivity index (χ0v) is 12.5. The molecule has 1 N–H and O–H groups in total. The Morgan fingerprint density at radius 2 is 1.72 bits per heavy atom. The summed E-state index contributed by atoms with van der Waals surface area (Å²) in [5.74, 6) is -1.57. The van der Waals surface area contributed by atoms with Crippen LogP contribution in [-0.2, 0) is 5.72 Å². The van der Waals surface area contributed by atoms with Crippen molar-refractivity contribution in [2.75, 3.05) is 0 Å². The zero-order valence-electron chi connectivity index (χ0n) is 12.5. The fourth-order valence-electron chi connectivity index (χ4n) is 2.48. The molecule has 1 aliphatic heterocycles. The van der Waals surface area contributed by atoms with Crippen LogP contribution in [0.4, 0.5) is 17.6 Å². The van der Waals surface area contributed by atoms with Crippen molar-refractivity contribution in [1.29, 1.82) is 0 Å². The number of pyridine rings is 1. The molecule has 0 saturated carbocycles. The minimum Gasteiger partial charge on any atom is -0.365 e. The number of hydrogen-bond donors (Lipinski definition) is 1. The predicted molar refractivity (Wildman–Crippen MR) is 78.8 cm³/mol. The highest BCUT2D eigenvalue weighted by Gasteiger charge is 2.53. The van der Waals surface area contributed by atoms with E-state index in [1.807, 2.05) is 0 Å². The summed E-state index contributed by atoms with van der Waals surface area (Å²) in [5.41, 5.74) is -3.76. The van der Waals surface area contributed by atoms with Gasteiger partial charge < -0.3 is 5.11 Å². The van der Waals surface area contributed by atoms with Crippen molar-refractivity contribution in [3.8, 4) is 0 Å². The first kappa shape index (κ1) is 17.0. The monoisotopic (exact) mass is 353 g/mol. The van der Waals surface area contributed by atoms with Gasteiger partial charge in [-0.05, 0) is 24.3 Å². The number of carbonyl (C=O) groups excluding carboxylic acids is 1. The van der Waals surface area contributed by atoms with E-state index in [-0.39, 0.29) is 11.1 Å². The third kappa shape index (κ3) is 3.10. The summed E-state index contributed by atoms with van der Waals surface area (Å²) in [7, 11) is 0. The van der Waals surface area contributed by atoms with Gasteiger partial charge in [0.2, 0.25) is 0 Å². The number of nitrogens with zero attached hydrogens (tertiary/aromatic N) is 3. The first-order chi connectivity index (χ1) is 11.7. The van der Waals surface area contributed by atoms with Gasteiger partial charge in [-0.1, -0.05) is 12.1 Å². The molecule has 1 amide bonds. The molecule has 9 heteroatoms. The van der Waals surface area contributed by atoms with Crippen LogP contribution in [0.1, 0.15) is 22.3 Å². The lowest BCUT2D eigenvalue weighted by molar-refractivity contribution is -0.0816. The van der Waals surface area contributed by atoms with Crippen molar-refractivity contribution >= 4 is 11.6 Å². The molecule has 0 aliphatic carbocycles. The van der Waals surface area contributed by atoms with E-state index in [0.717, 1.165) is 24.3 Å². The molecule has 3 rings (SSSR count). The van der Waals surface area contributed by atoms with E-state index in [9.17, 15) is 27.5 Å². The van der Waals surface area contributed by atoms with Gasteiger partial charge >= 0.3 is 6.18 Å². The van der Waals surface area contributed by atoms with Crippen LogP contribution in [0.15, 0.2) is 53.9 Å². The lowest BCUT2D eigenvalue weighted by Gasteiger charge is -2.31. The fourth-order valence-corrected chi connectivity index (χ4v) is 2.48. The quantitative estimate of drug-likeness (QED) is 0.845. The third-order valence-electron chi connectivity index (χ3n) is 3.74. The Balaban J connectivity index is 2.07. The predicted octanol–water partition coefficient (Wildman–Crippen LogP) is 2.83. The molecular weight excluding hydrogens is 342 g/mol. The molecule has 2 heterocycles. The van der Waals surface area contributed by atoms with E-state index in [2.05, 4.69) is 10.1 Å². The molecule has 0 fully saturated rings. The smallest absolute Gasteiger partial charge is 0.365 e. The third-order valence-corrected chi connectivity index (χ3v) is 3.74. The Morgan fingerprint density at radius 1 is 1.12 bits per heavy atom. The van der Waals surface area contributed by atoms with Crippen LogP contribution in [0.3, 0.4) is 0 Å². The van der Waals surface area contributed by atoms with E-state index in [1.54, 1.807) is 0 Å². The van der Waals surface area contributed by atoms with E-state index < -0.39 is 35.8 Å². The molecule has 5 nitrogen and oxygen atoms in total. The highest BCUT2D eigenvalue weighted by atomic mass is 19.4. The topological polar surface area (TPSA) is 65.8 Å². The number of hydrogen-bond acceptors (Lipinski definition) is 4. The molecule has 1 aromatic heterocycles. The number of amides is 1. The van der Waals surface area contributed by atoms with E-state index in [0.29, 0.717) is 5.01 Å². The lowest BCUT2D eigenvalue weighted by atomic mass is 9.96. The molecule has 1 aliphatic rings. The molecule has 0 spiro atoms. The maximum atomic E-state index is 13.1. The van der Waals surface area contributed by atoms with Gasteiger partial charge in [0.15, 0.2) is 5.72 Å². The summed E-state index contributed by atoms with van der Waals surface area (Å²) < 4.78 is 52.3. The van der Waals surface area contributed by atoms with Gasteiger partial charge in [0, 0.05) is 23.5 Å². The van der Waals surface area contributed by atoms with Crippen molar-refractivity contribution in [3.05, 3.63) is 65.7 Å². The van der Waals surface area contributed by atoms with Gasteiger partial charge in [0.1, 0.15) is 11.5 Å². The second kappa shape index (κ2) is 5.92. The molecule has 0 radical (unpaired) electrons. The van der Waals surface area contributed by atoms with E-state index in [1.165, 1.54) is 24.5 Å². The zero-order chi connectivity index (χ0) is 18.2. The van der Waals surface area contributed by atoms with Gasteiger partial charge in [-0.25, -0.2) is 4.39 Å². The molecule has 130 valence electrons. The SMILES string of the molecule is O=C(c1ccncc1)N1N=C(C(F)(F)F)C[C@@]1(O)c1ccc(F)cc1. The molecular formula is C16H11F4N3O2. The van der Waals surface area contributed by atoms with Crippen LogP contribution in [0, 0.1) is 5.82 Å². The first-order valence-corrected chi connectivity index (χ1v) is 7.09. The van der Waals surface area contributed by atoms with Crippen LogP contribution in [-0.4, -0.2) is 32.9 Å². The largest absolute Gasteiger partial charge is 0.431 e. The van der Waals surface area contributed by atoms with Gasteiger partial charge in [-0.3, -0.25) is 9.78 Å². The highest BCUT2D eigenvalue weighted by Crippen LogP contribution is 2.40. The van der Waals surface area contributed by atoms with Crippen LogP contribution in [0.2, 0.25) is 0 Å². The maximum absolute atomic E-state index is 13.1. The average molecular weight is 353 g/mol. The number of rotatable bonds is 2. The van der Waals surface area contributed by atoms with E-state index >= 15 is 0 Å². The van der Waals surface area contributed by atoms with Crippen molar-refractivity contribution < 1.29 is 27.5 Å². The number of aromatic nitrogens is 1. The van der Waals surface area contributed by atoms with Gasteiger partial charge in [0.05, 0.1) is 6.42 Å². The van der Waals surface area contributed by atoms with Crippen molar-refractivity contribution in [2.24, 2.45) is 5.10 Å². The Hall–Kier alpha value is -2.81. The van der Waals surface area contributed by atoms with Crippen LogP contribution in [0.5, 0.6) is 0 Å². The Labute approximate surface area is 139 Å². The minimum atomic E-state index is -4.82. The molecule has 1 atom stereocenters. The normalized spacial score (nSPS) is 20.5. The number of aliphatic hydroxyl groups is 1. The summed E-state index contributed by atoms with van der Waals surface area (Å²) in [6, 6.07) is 6.75. The minimum absolute atomic E-state index is 0.00251. The summed E-state index contributed by atoms with van der Waals surface area (Å²) in [6.45, 7) is 0. The second-order valence-electron chi connectivity index (χ2n) is 5.40. The van der Waals surface area contributed by atoms with Crippen molar-refractivity contribution in [3.63, 3.8) is 0 Å². The number of alkyl halides is 3. The Morgan fingerprint density at radius 3 is 2.28 bits per heavy atom. The summed E-state index contributed by atoms with van der Waals surface area (Å²) in [4.78, 5) is 16.3. The van der Waals surface area contributed by atoms with Crippen LogP contribution < -0.4 is 0 Å². The number of hydrazone groups is 1. The molecule has 0 unspecified atom stereocenters. The average Bonchev–Trinajstić information content (AvgIpc) is 2.94. The van der Waals surface area contributed by atoms with Gasteiger partial charge in [-0.2, -0.15) is 23.3 Å². The van der Waals surface area contributed by atoms with Gasteiger partial charge in [-0.15, -0.1) is 0 Å². The van der Waals surface area contributed by atoms with Crippen molar-refractivity contribution in [2.45, 2.75) is 18.3 Å². The first-order valence-electron chi connectivity index (χ1n) is 7.09. The molecule has 2 aromatic rings. The van der Waals surface area contributed by atoms with Crippen molar-refractivity contribution in [1.82, 2.24) is 9.99 Å². The Bertz CT molecular complexity index is 822. The van der Waals surface area contributed by atoms with Crippen LogP contribution >= 0.6 is 0 Å². The number of carbonyl (C=O) groups is 1. The Kier molecular flexibility index (Phi) is 4.03. The number of halogens is 4. The number of benzene rings is 1. The second-order valence-corrected chi connectivity index (χ2v) is 5.40. The van der Waals surface area contributed by atoms with E-state index in [4.69, 9.17) is 0 Å². The fraction of sp³-hybridized carbons (Fsp3) is 0.188. The summed E-state index contributed by atoms with van der Waals surface area (Å²) in [5, 5.41) is 14.5. The summed E-state index contributed by atoms with van der Waals surface area (Å²) in [6.07, 6.45) is -3.20. The molecule has 1 aromatic carbocycles. The van der Waals surface area contributed by atoms with Crippen LogP contribution in [0.25, 0.3) is 0 Å². The lowest BCUT2D eigenvalue weighted by Crippen LogP contribution is -2.43. The standard InChI is InChI=1S/C16H11F4N3O2/c17-12-3-1-11(2-4-12)15(25)9-13(16(18,19)20)22-23(15)14(24)10-5-7-21-8-6-10/h1-8,25H,9H2/t15-/m1/s1. The molecule has 25 heavy (non-hydrogen) atoms. The van der Waals surface area contributed by atoms with Gasteiger partial charge in [0.25, 0.3) is 5.91 Å².